The highest BCUT2D eigenvalue weighted by atomic mass is 32.1. The van der Waals surface area contributed by atoms with Crippen LogP contribution in [0.3, 0.4) is 0 Å². The Hall–Kier alpha value is -2.97. The number of amides is 1. The van der Waals surface area contributed by atoms with Crippen LogP contribution in [0.1, 0.15) is 17.4 Å². The molecule has 0 saturated heterocycles. The number of thiazole rings is 1. The van der Waals surface area contributed by atoms with Crippen LogP contribution in [0.4, 0.5) is 10.1 Å². The fraction of sp³-hybridized carbons (Fsp3) is 0.238. The summed E-state index contributed by atoms with van der Waals surface area (Å²) in [6.07, 6.45) is 0. The molecule has 152 valence electrons. The minimum atomic E-state index is -0.563. The van der Waals surface area contributed by atoms with Crippen molar-refractivity contribution in [3.8, 4) is 22.1 Å². The second-order valence-electron chi connectivity index (χ2n) is 5.94. The van der Waals surface area contributed by atoms with Gasteiger partial charge < -0.3 is 19.5 Å². The molecule has 0 atom stereocenters. The number of methoxy groups -OCH3 is 1. The molecule has 1 N–H and O–H groups in total. The highest BCUT2D eigenvalue weighted by Crippen LogP contribution is 2.27. The number of anilines is 1. The van der Waals surface area contributed by atoms with Crippen LogP contribution in [0.5, 0.6) is 11.5 Å². The second kappa shape index (κ2) is 9.99. The molecule has 1 aromatic heterocycles. The molecule has 0 radical (unpaired) electrons. The number of benzene rings is 2. The average molecular weight is 416 g/mol. The van der Waals surface area contributed by atoms with Crippen LogP contribution in [-0.2, 0) is 4.74 Å². The van der Waals surface area contributed by atoms with Gasteiger partial charge in [-0.05, 0) is 43.3 Å². The molecule has 0 aliphatic heterocycles. The van der Waals surface area contributed by atoms with Crippen LogP contribution >= 0.6 is 11.3 Å². The Labute approximate surface area is 172 Å². The van der Waals surface area contributed by atoms with E-state index in [1.807, 2.05) is 31.2 Å². The first-order chi connectivity index (χ1) is 14.1. The number of hydrogen-bond acceptors (Lipinski definition) is 6. The van der Waals surface area contributed by atoms with Gasteiger partial charge in [-0.15, -0.1) is 11.3 Å². The van der Waals surface area contributed by atoms with Crippen LogP contribution in [0.25, 0.3) is 10.6 Å². The summed E-state index contributed by atoms with van der Waals surface area (Å²) >= 11 is 1.36. The molecule has 0 aliphatic carbocycles. The maximum atomic E-state index is 14.1. The van der Waals surface area contributed by atoms with Crippen molar-refractivity contribution >= 4 is 22.9 Å². The molecule has 29 heavy (non-hydrogen) atoms. The molecule has 8 heteroatoms. The molecular weight excluding hydrogens is 395 g/mol. The summed E-state index contributed by atoms with van der Waals surface area (Å²) in [5.41, 5.74) is 1.48. The van der Waals surface area contributed by atoms with Crippen molar-refractivity contribution in [2.45, 2.75) is 6.92 Å². The lowest BCUT2D eigenvalue weighted by molar-refractivity contribution is 0.102. The lowest BCUT2D eigenvalue weighted by Crippen LogP contribution is -2.12. The van der Waals surface area contributed by atoms with Crippen LogP contribution in [0.2, 0.25) is 0 Å². The number of hydrogen-bond donors (Lipinski definition) is 1. The molecular formula is C21H21FN2O4S. The molecule has 0 bridgehead atoms. The summed E-state index contributed by atoms with van der Waals surface area (Å²) in [5.74, 6) is -0.0907. The molecule has 0 fully saturated rings. The van der Waals surface area contributed by atoms with Crippen molar-refractivity contribution in [1.29, 1.82) is 0 Å². The SMILES string of the molecule is CCOc1ccc(-c2nc(C(=O)Nc3ccc(OCCOC)c(F)c3)cs2)cc1. The quantitative estimate of drug-likeness (QED) is 0.515. The minimum absolute atomic E-state index is 0.103. The first-order valence-electron chi connectivity index (χ1n) is 9.02. The van der Waals surface area contributed by atoms with Gasteiger partial charge in [-0.25, -0.2) is 9.37 Å². The van der Waals surface area contributed by atoms with Crippen molar-refractivity contribution < 1.29 is 23.4 Å². The van der Waals surface area contributed by atoms with E-state index in [9.17, 15) is 9.18 Å². The number of nitrogens with zero attached hydrogens (tertiary/aromatic N) is 1. The fourth-order valence-corrected chi connectivity index (χ4v) is 3.30. The van der Waals surface area contributed by atoms with E-state index in [0.717, 1.165) is 11.3 Å². The van der Waals surface area contributed by atoms with E-state index in [1.165, 1.54) is 30.6 Å². The highest BCUT2D eigenvalue weighted by Gasteiger charge is 2.14. The average Bonchev–Trinajstić information content (AvgIpc) is 3.21. The smallest absolute Gasteiger partial charge is 0.275 e. The van der Waals surface area contributed by atoms with Gasteiger partial charge in [0, 0.05) is 29.8 Å². The molecule has 0 spiro atoms. The Bertz CT molecular complexity index is 960. The van der Waals surface area contributed by atoms with E-state index in [0.29, 0.717) is 23.9 Å². The third-order valence-corrected chi connectivity index (χ3v) is 4.78. The van der Waals surface area contributed by atoms with Gasteiger partial charge >= 0.3 is 0 Å². The maximum absolute atomic E-state index is 14.1. The van der Waals surface area contributed by atoms with Crippen molar-refractivity contribution in [1.82, 2.24) is 4.98 Å². The van der Waals surface area contributed by atoms with Crippen LogP contribution < -0.4 is 14.8 Å². The predicted octanol–water partition coefficient (Wildman–Crippen LogP) is 4.63. The molecule has 2 aromatic carbocycles. The van der Waals surface area contributed by atoms with Gasteiger partial charge in [-0.1, -0.05) is 0 Å². The largest absolute Gasteiger partial charge is 0.494 e. The summed E-state index contributed by atoms with van der Waals surface area (Å²) in [4.78, 5) is 16.8. The molecule has 0 unspecified atom stereocenters. The molecule has 1 heterocycles. The Morgan fingerprint density at radius 1 is 1.14 bits per heavy atom. The summed E-state index contributed by atoms with van der Waals surface area (Å²) in [6.45, 7) is 3.12. The number of carbonyl (C=O) groups excluding carboxylic acids is 1. The summed E-state index contributed by atoms with van der Waals surface area (Å²) in [5, 5.41) is 5.03. The van der Waals surface area contributed by atoms with Gasteiger partial charge in [0.1, 0.15) is 23.1 Å². The van der Waals surface area contributed by atoms with E-state index in [-0.39, 0.29) is 18.1 Å². The Balaban J connectivity index is 1.65. The van der Waals surface area contributed by atoms with Gasteiger partial charge in [-0.2, -0.15) is 0 Å². The van der Waals surface area contributed by atoms with Gasteiger partial charge in [-0.3, -0.25) is 4.79 Å². The molecule has 3 rings (SSSR count). The van der Waals surface area contributed by atoms with Crippen molar-refractivity contribution in [2.24, 2.45) is 0 Å². The van der Waals surface area contributed by atoms with Gasteiger partial charge in [0.25, 0.3) is 5.91 Å². The van der Waals surface area contributed by atoms with E-state index in [4.69, 9.17) is 14.2 Å². The highest BCUT2D eigenvalue weighted by molar-refractivity contribution is 7.13. The number of rotatable bonds is 9. The molecule has 6 nitrogen and oxygen atoms in total. The van der Waals surface area contributed by atoms with Crippen molar-refractivity contribution in [2.75, 3.05) is 32.2 Å². The summed E-state index contributed by atoms with van der Waals surface area (Å²) < 4.78 is 29.7. The number of ether oxygens (including phenoxy) is 3. The Kier molecular flexibility index (Phi) is 7.15. The third kappa shape index (κ3) is 5.52. The molecule has 0 saturated carbocycles. The lowest BCUT2D eigenvalue weighted by atomic mass is 10.2. The van der Waals surface area contributed by atoms with Crippen molar-refractivity contribution in [3.63, 3.8) is 0 Å². The van der Waals surface area contributed by atoms with E-state index >= 15 is 0 Å². The minimum Gasteiger partial charge on any atom is -0.494 e. The maximum Gasteiger partial charge on any atom is 0.275 e. The number of carbonyl (C=O) groups is 1. The zero-order valence-corrected chi connectivity index (χ0v) is 16.9. The zero-order valence-electron chi connectivity index (χ0n) is 16.1. The molecule has 3 aromatic rings. The number of aromatic nitrogens is 1. The van der Waals surface area contributed by atoms with Gasteiger partial charge in [0.2, 0.25) is 0 Å². The molecule has 1 amide bonds. The Morgan fingerprint density at radius 2 is 1.93 bits per heavy atom. The van der Waals surface area contributed by atoms with Crippen LogP contribution in [-0.4, -0.2) is 37.8 Å². The van der Waals surface area contributed by atoms with E-state index in [2.05, 4.69) is 10.3 Å². The normalized spacial score (nSPS) is 10.6. The third-order valence-electron chi connectivity index (χ3n) is 3.88. The summed E-state index contributed by atoms with van der Waals surface area (Å²) in [7, 11) is 1.54. The van der Waals surface area contributed by atoms with Crippen LogP contribution in [0.15, 0.2) is 47.8 Å². The predicted molar refractivity (Wildman–Crippen MR) is 110 cm³/mol. The number of halogens is 1. The monoisotopic (exact) mass is 416 g/mol. The molecule has 0 aliphatic rings. The summed E-state index contributed by atoms with van der Waals surface area (Å²) in [6, 6.07) is 11.8. The standard InChI is InChI=1S/C21H21FN2O4S/c1-3-27-16-7-4-14(5-8-16)21-24-18(13-29-21)20(25)23-15-6-9-19(17(22)12-15)28-11-10-26-2/h4-9,12-13H,3,10-11H2,1-2H3,(H,23,25). The van der Waals surface area contributed by atoms with E-state index < -0.39 is 11.7 Å². The zero-order chi connectivity index (χ0) is 20.6. The topological polar surface area (TPSA) is 69.7 Å². The fourth-order valence-electron chi connectivity index (χ4n) is 2.50. The first kappa shape index (κ1) is 20.8. The van der Waals surface area contributed by atoms with Crippen LogP contribution in [0, 0.1) is 5.82 Å². The lowest BCUT2D eigenvalue weighted by Gasteiger charge is -2.09. The first-order valence-corrected chi connectivity index (χ1v) is 9.90. The number of nitrogens with one attached hydrogen (secondary N) is 1. The van der Waals surface area contributed by atoms with E-state index in [1.54, 1.807) is 11.4 Å². The van der Waals surface area contributed by atoms with Gasteiger partial charge in [0.15, 0.2) is 11.6 Å². The van der Waals surface area contributed by atoms with Gasteiger partial charge in [0.05, 0.1) is 13.2 Å². The second-order valence-corrected chi connectivity index (χ2v) is 6.79. The Morgan fingerprint density at radius 3 is 2.62 bits per heavy atom. The van der Waals surface area contributed by atoms with Crippen molar-refractivity contribution in [3.05, 3.63) is 59.4 Å².